The zero-order valence-corrected chi connectivity index (χ0v) is 13.9. The predicted octanol–water partition coefficient (Wildman–Crippen LogP) is 3.19. The molecule has 1 saturated heterocycles. The summed E-state index contributed by atoms with van der Waals surface area (Å²) in [5.74, 6) is -0.129. The van der Waals surface area contributed by atoms with Crippen molar-refractivity contribution in [3.8, 4) is 0 Å². The number of aryl methyl sites for hydroxylation is 2. The largest absolute Gasteiger partial charge is 0.466 e. The number of esters is 1. The molecule has 1 aliphatic rings. The zero-order chi connectivity index (χ0) is 15.4. The van der Waals surface area contributed by atoms with Gasteiger partial charge in [0.15, 0.2) is 0 Å². The number of rotatable bonds is 4. The van der Waals surface area contributed by atoms with Crippen LogP contribution in [0.25, 0.3) is 0 Å². The molecule has 0 aromatic heterocycles. The molecule has 1 aromatic rings. The summed E-state index contributed by atoms with van der Waals surface area (Å²) >= 11 is 4.55. The standard InChI is InChI=1S/C16H24N2O2S/c1-4-20-16(19)13-6-5-7-18(10-13)17-15-12(3)8-11(2)9-14(15)21/h8-9,13,17,21H,4-7,10H2,1-3H3. The van der Waals surface area contributed by atoms with E-state index in [0.29, 0.717) is 13.2 Å². The van der Waals surface area contributed by atoms with E-state index in [1.54, 1.807) is 0 Å². The Morgan fingerprint density at radius 2 is 2.24 bits per heavy atom. The second kappa shape index (κ2) is 7.18. The summed E-state index contributed by atoms with van der Waals surface area (Å²) in [4.78, 5) is 12.8. The van der Waals surface area contributed by atoms with Crippen molar-refractivity contribution in [1.82, 2.24) is 5.01 Å². The minimum absolute atomic E-state index is 0.0414. The SMILES string of the molecule is CCOC(=O)C1CCCN(Nc2c(C)cc(C)cc2S)C1. The van der Waals surface area contributed by atoms with E-state index in [0.717, 1.165) is 30.0 Å². The molecule has 116 valence electrons. The van der Waals surface area contributed by atoms with Gasteiger partial charge in [-0.1, -0.05) is 6.07 Å². The molecule has 0 saturated carbocycles. The Morgan fingerprint density at radius 1 is 1.48 bits per heavy atom. The maximum absolute atomic E-state index is 11.9. The number of hydrogen-bond acceptors (Lipinski definition) is 5. The molecule has 0 radical (unpaired) electrons. The number of nitrogens with zero attached hydrogens (tertiary/aromatic N) is 1. The van der Waals surface area contributed by atoms with Gasteiger partial charge in [0.25, 0.3) is 0 Å². The summed E-state index contributed by atoms with van der Waals surface area (Å²) in [6.07, 6.45) is 1.89. The van der Waals surface area contributed by atoms with Gasteiger partial charge in [0.05, 0.1) is 18.2 Å². The first kappa shape index (κ1) is 16.2. The molecule has 1 heterocycles. The van der Waals surface area contributed by atoms with Gasteiger partial charge in [-0.15, -0.1) is 12.6 Å². The van der Waals surface area contributed by atoms with Crippen LogP contribution >= 0.6 is 12.6 Å². The molecular formula is C16H24N2O2S. The molecule has 1 N–H and O–H groups in total. The molecule has 0 aliphatic carbocycles. The molecule has 21 heavy (non-hydrogen) atoms. The Hall–Kier alpha value is -1.20. The number of benzene rings is 1. The minimum Gasteiger partial charge on any atom is -0.466 e. The lowest BCUT2D eigenvalue weighted by molar-refractivity contribution is -0.149. The van der Waals surface area contributed by atoms with Crippen LogP contribution < -0.4 is 5.43 Å². The number of anilines is 1. The second-order valence-electron chi connectivity index (χ2n) is 5.62. The second-order valence-corrected chi connectivity index (χ2v) is 6.11. The molecule has 4 nitrogen and oxygen atoms in total. The van der Waals surface area contributed by atoms with Crippen LogP contribution in [0.15, 0.2) is 17.0 Å². The molecule has 2 rings (SSSR count). The summed E-state index contributed by atoms with van der Waals surface area (Å²) in [7, 11) is 0. The molecule has 1 aliphatic heterocycles. The fourth-order valence-corrected chi connectivity index (χ4v) is 3.21. The van der Waals surface area contributed by atoms with Crippen molar-refractivity contribution in [2.24, 2.45) is 5.92 Å². The lowest BCUT2D eigenvalue weighted by Gasteiger charge is -2.33. The average molecular weight is 308 g/mol. The normalized spacial score (nSPS) is 19.3. The van der Waals surface area contributed by atoms with Gasteiger partial charge < -0.3 is 10.2 Å². The van der Waals surface area contributed by atoms with E-state index in [2.05, 4.69) is 43.0 Å². The number of carbonyl (C=O) groups is 1. The van der Waals surface area contributed by atoms with Gasteiger partial charge >= 0.3 is 5.97 Å². The van der Waals surface area contributed by atoms with Crippen molar-refractivity contribution in [2.45, 2.75) is 38.5 Å². The molecular weight excluding hydrogens is 284 g/mol. The smallest absolute Gasteiger partial charge is 0.310 e. The van der Waals surface area contributed by atoms with Crippen molar-refractivity contribution in [3.63, 3.8) is 0 Å². The van der Waals surface area contributed by atoms with Crippen molar-refractivity contribution < 1.29 is 9.53 Å². The first-order chi connectivity index (χ1) is 10.0. The van der Waals surface area contributed by atoms with E-state index < -0.39 is 0 Å². The molecule has 1 unspecified atom stereocenters. The van der Waals surface area contributed by atoms with Gasteiger partial charge in [0.2, 0.25) is 0 Å². The third-order valence-electron chi connectivity index (χ3n) is 3.77. The molecule has 0 spiro atoms. The summed E-state index contributed by atoms with van der Waals surface area (Å²) in [5.41, 5.74) is 6.81. The molecule has 1 atom stereocenters. The van der Waals surface area contributed by atoms with Crippen molar-refractivity contribution >= 4 is 24.3 Å². The molecule has 0 amide bonds. The monoisotopic (exact) mass is 308 g/mol. The Morgan fingerprint density at radius 3 is 2.90 bits per heavy atom. The van der Waals surface area contributed by atoms with Gasteiger partial charge in [-0.2, -0.15) is 0 Å². The quantitative estimate of drug-likeness (QED) is 0.662. The Bertz CT molecular complexity index is 496. The molecule has 5 heteroatoms. The van der Waals surface area contributed by atoms with Crippen LogP contribution in [-0.4, -0.2) is 30.7 Å². The molecule has 1 aromatic carbocycles. The van der Waals surface area contributed by atoms with Gasteiger partial charge in [0, 0.05) is 18.0 Å². The van der Waals surface area contributed by atoms with Crippen LogP contribution in [0.3, 0.4) is 0 Å². The molecule has 0 bridgehead atoms. The third-order valence-corrected chi connectivity index (χ3v) is 4.12. The Kier molecular flexibility index (Phi) is 5.53. The van der Waals surface area contributed by atoms with Crippen LogP contribution in [0.5, 0.6) is 0 Å². The highest BCUT2D eigenvalue weighted by molar-refractivity contribution is 7.80. The first-order valence-corrected chi connectivity index (χ1v) is 7.94. The third kappa shape index (κ3) is 4.14. The average Bonchev–Trinajstić information content (AvgIpc) is 2.43. The van der Waals surface area contributed by atoms with E-state index in [-0.39, 0.29) is 11.9 Å². The summed E-state index contributed by atoms with van der Waals surface area (Å²) in [6.45, 7) is 8.03. The number of thiol groups is 1. The van der Waals surface area contributed by atoms with Crippen LogP contribution in [0.1, 0.15) is 30.9 Å². The highest BCUT2D eigenvalue weighted by atomic mass is 32.1. The van der Waals surface area contributed by atoms with E-state index in [9.17, 15) is 4.79 Å². The number of hydrazine groups is 1. The molecule has 1 fully saturated rings. The maximum atomic E-state index is 11.9. The maximum Gasteiger partial charge on any atom is 0.310 e. The van der Waals surface area contributed by atoms with Gasteiger partial charge in [-0.25, -0.2) is 5.01 Å². The van der Waals surface area contributed by atoms with Crippen LogP contribution in [-0.2, 0) is 9.53 Å². The summed E-state index contributed by atoms with van der Waals surface area (Å²) in [6, 6.07) is 4.18. The number of ether oxygens (including phenoxy) is 1. The lowest BCUT2D eigenvalue weighted by atomic mass is 9.99. The zero-order valence-electron chi connectivity index (χ0n) is 13.0. The van der Waals surface area contributed by atoms with Crippen LogP contribution in [0, 0.1) is 19.8 Å². The van der Waals surface area contributed by atoms with E-state index in [1.165, 1.54) is 11.1 Å². The number of nitrogens with one attached hydrogen (secondary N) is 1. The lowest BCUT2D eigenvalue weighted by Crippen LogP contribution is -2.42. The number of piperidine rings is 1. The van der Waals surface area contributed by atoms with Crippen LogP contribution in [0.4, 0.5) is 5.69 Å². The fourth-order valence-electron chi connectivity index (χ4n) is 2.78. The first-order valence-electron chi connectivity index (χ1n) is 7.49. The van der Waals surface area contributed by atoms with Gasteiger partial charge in [-0.05, 0) is 50.8 Å². The van der Waals surface area contributed by atoms with Gasteiger partial charge in [-0.3, -0.25) is 4.79 Å². The number of hydrogen-bond donors (Lipinski definition) is 2. The Labute approximate surface area is 132 Å². The highest BCUT2D eigenvalue weighted by Crippen LogP contribution is 2.28. The summed E-state index contributed by atoms with van der Waals surface area (Å²) < 4.78 is 5.13. The van der Waals surface area contributed by atoms with Crippen LogP contribution in [0.2, 0.25) is 0 Å². The van der Waals surface area contributed by atoms with Crippen molar-refractivity contribution in [3.05, 3.63) is 23.3 Å². The van der Waals surface area contributed by atoms with Crippen molar-refractivity contribution in [1.29, 1.82) is 0 Å². The van der Waals surface area contributed by atoms with E-state index in [1.807, 2.05) is 13.0 Å². The summed E-state index contributed by atoms with van der Waals surface area (Å²) in [5, 5.41) is 2.10. The minimum atomic E-state index is -0.0873. The van der Waals surface area contributed by atoms with Crippen molar-refractivity contribution in [2.75, 3.05) is 25.1 Å². The number of carbonyl (C=O) groups excluding carboxylic acids is 1. The predicted molar refractivity (Wildman–Crippen MR) is 87.7 cm³/mol. The fraction of sp³-hybridized carbons (Fsp3) is 0.562. The topological polar surface area (TPSA) is 41.6 Å². The Balaban J connectivity index is 2.04. The van der Waals surface area contributed by atoms with E-state index in [4.69, 9.17) is 4.74 Å². The van der Waals surface area contributed by atoms with E-state index >= 15 is 0 Å². The van der Waals surface area contributed by atoms with Gasteiger partial charge in [0.1, 0.15) is 0 Å². The highest BCUT2D eigenvalue weighted by Gasteiger charge is 2.27.